The Bertz CT molecular complexity index is 918. The number of para-hydroxylation sites is 1. The van der Waals surface area contributed by atoms with Crippen LogP contribution >= 0.6 is 23.6 Å². The van der Waals surface area contributed by atoms with E-state index < -0.39 is 9.84 Å². The summed E-state index contributed by atoms with van der Waals surface area (Å²) in [6, 6.07) is 7.25. The molecule has 0 aliphatic carbocycles. The maximum atomic E-state index is 11.8. The minimum absolute atomic E-state index is 0.283. The highest BCUT2D eigenvalue weighted by Crippen LogP contribution is 2.23. The van der Waals surface area contributed by atoms with E-state index in [9.17, 15) is 8.42 Å². The number of rotatable bonds is 3. The van der Waals surface area contributed by atoms with Gasteiger partial charge >= 0.3 is 0 Å². The summed E-state index contributed by atoms with van der Waals surface area (Å²) >= 11 is 6.95. The minimum atomic E-state index is -3.28. The van der Waals surface area contributed by atoms with Crippen molar-refractivity contribution in [1.29, 1.82) is 0 Å². The van der Waals surface area contributed by atoms with Crippen molar-refractivity contribution in [3.8, 4) is 0 Å². The first kappa shape index (κ1) is 13.5. The van der Waals surface area contributed by atoms with Crippen LogP contribution in [0.15, 0.2) is 39.9 Å². The summed E-state index contributed by atoms with van der Waals surface area (Å²) in [7, 11) is -3.28. The van der Waals surface area contributed by atoms with Crippen LogP contribution in [0.3, 0.4) is 0 Å². The molecule has 1 aromatic carbocycles. The van der Waals surface area contributed by atoms with Crippen LogP contribution in [0.4, 0.5) is 0 Å². The highest BCUT2D eigenvalue weighted by Gasteiger charge is 2.15. The van der Waals surface area contributed by atoms with E-state index >= 15 is 0 Å². The van der Waals surface area contributed by atoms with Crippen LogP contribution in [0.1, 0.15) is 5.56 Å². The van der Waals surface area contributed by atoms with Gasteiger partial charge in [0.05, 0.1) is 22.5 Å². The fourth-order valence-corrected chi connectivity index (χ4v) is 3.96. The van der Waals surface area contributed by atoms with Gasteiger partial charge in [-0.05, 0) is 46.7 Å². The fourth-order valence-electron chi connectivity index (χ4n) is 2.19. The smallest absolute Gasteiger partial charge is 0.178 e. The number of thiophene rings is 1. The molecular weight excluding hydrogens is 312 g/mol. The van der Waals surface area contributed by atoms with Crippen LogP contribution in [-0.4, -0.2) is 24.2 Å². The van der Waals surface area contributed by atoms with Crippen molar-refractivity contribution in [1.82, 2.24) is 9.55 Å². The summed E-state index contributed by atoms with van der Waals surface area (Å²) in [6.07, 6.45) is 1.20. The summed E-state index contributed by atoms with van der Waals surface area (Å²) in [5, 5.41) is 4.07. The number of imidazole rings is 1. The molecule has 1 N–H and O–H groups in total. The van der Waals surface area contributed by atoms with E-state index in [1.54, 1.807) is 23.5 Å². The van der Waals surface area contributed by atoms with Crippen molar-refractivity contribution in [2.45, 2.75) is 11.4 Å². The summed E-state index contributed by atoms with van der Waals surface area (Å²) in [5.41, 5.74) is 2.54. The van der Waals surface area contributed by atoms with Gasteiger partial charge < -0.3 is 9.55 Å². The topological polar surface area (TPSA) is 54.9 Å². The Labute approximate surface area is 125 Å². The first-order chi connectivity index (χ1) is 9.47. The third-order valence-electron chi connectivity index (χ3n) is 3.09. The number of aromatic amines is 1. The van der Waals surface area contributed by atoms with Crippen LogP contribution in [0, 0.1) is 4.77 Å². The number of fused-ring (bicyclic) bond motifs is 1. The molecule has 3 aromatic rings. The quantitative estimate of drug-likeness (QED) is 0.753. The van der Waals surface area contributed by atoms with E-state index in [0.29, 0.717) is 16.8 Å². The Hall–Kier alpha value is -1.44. The number of hydrogen-bond donors (Lipinski definition) is 1. The monoisotopic (exact) mass is 324 g/mol. The van der Waals surface area contributed by atoms with Gasteiger partial charge in [0.1, 0.15) is 0 Å². The van der Waals surface area contributed by atoms with Crippen LogP contribution < -0.4 is 0 Å². The van der Waals surface area contributed by atoms with Crippen LogP contribution in [0.25, 0.3) is 11.0 Å². The van der Waals surface area contributed by atoms with Crippen molar-refractivity contribution in [2.24, 2.45) is 0 Å². The predicted molar refractivity (Wildman–Crippen MR) is 83.7 cm³/mol. The van der Waals surface area contributed by atoms with Crippen molar-refractivity contribution in [2.75, 3.05) is 6.26 Å². The number of aromatic nitrogens is 2. The number of nitrogens with one attached hydrogen (secondary N) is 1. The lowest BCUT2D eigenvalue weighted by atomic mass is 10.3. The molecule has 2 aromatic heterocycles. The van der Waals surface area contributed by atoms with Crippen LogP contribution in [0.5, 0.6) is 0 Å². The molecule has 20 heavy (non-hydrogen) atoms. The maximum absolute atomic E-state index is 11.8. The molecule has 104 valence electrons. The summed E-state index contributed by atoms with van der Waals surface area (Å²) in [4.78, 5) is 3.30. The zero-order valence-electron chi connectivity index (χ0n) is 10.7. The Morgan fingerprint density at radius 3 is 2.80 bits per heavy atom. The average Bonchev–Trinajstić information content (AvgIpc) is 2.97. The van der Waals surface area contributed by atoms with Gasteiger partial charge in [0, 0.05) is 6.26 Å². The molecule has 7 heteroatoms. The zero-order valence-corrected chi connectivity index (χ0v) is 13.1. The Morgan fingerprint density at radius 1 is 1.35 bits per heavy atom. The number of sulfone groups is 1. The molecule has 4 nitrogen and oxygen atoms in total. The maximum Gasteiger partial charge on any atom is 0.178 e. The second kappa shape index (κ2) is 4.83. The summed E-state index contributed by atoms with van der Waals surface area (Å²) in [5.74, 6) is 0. The Kier molecular flexibility index (Phi) is 3.27. The second-order valence-electron chi connectivity index (χ2n) is 4.57. The van der Waals surface area contributed by atoms with Crippen molar-refractivity contribution in [3.05, 3.63) is 45.4 Å². The Morgan fingerprint density at radius 2 is 2.15 bits per heavy atom. The molecule has 0 atom stereocenters. The van der Waals surface area contributed by atoms with Gasteiger partial charge in [-0.2, -0.15) is 11.3 Å². The third kappa shape index (κ3) is 2.32. The van der Waals surface area contributed by atoms with E-state index in [4.69, 9.17) is 12.2 Å². The molecule has 0 saturated heterocycles. The average molecular weight is 324 g/mol. The molecule has 2 heterocycles. The molecule has 0 bridgehead atoms. The van der Waals surface area contributed by atoms with E-state index in [-0.39, 0.29) is 4.90 Å². The lowest BCUT2D eigenvalue weighted by Gasteiger charge is -2.04. The van der Waals surface area contributed by atoms with Gasteiger partial charge in [0.15, 0.2) is 14.6 Å². The van der Waals surface area contributed by atoms with Gasteiger partial charge in [-0.25, -0.2) is 8.42 Å². The fraction of sp³-hybridized carbons (Fsp3) is 0.154. The molecule has 0 saturated carbocycles. The normalized spacial score (nSPS) is 12.1. The molecule has 0 spiro atoms. The first-order valence-electron chi connectivity index (χ1n) is 5.89. The largest absolute Gasteiger partial charge is 0.329 e. The van der Waals surface area contributed by atoms with E-state index in [1.807, 2.05) is 22.1 Å². The van der Waals surface area contributed by atoms with Gasteiger partial charge in [-0.1, -0.05) is 6.07 Å². The third-order valence-corrected chi connectivity index (χ3v) is 5.29. The number of benzene rings is 1. The number of H-pyrrole nitrogens is 1. The number of hydrogen-bond acceptors (Lipinski definition) is 4. The molecule has 0 unspecified atom stereocenters. The van der Waals surface area contributed by atoms with E-state index in [2.05, 4.69) is 10.4 Å². The van der Waals surface area contributed by atoms with Gasteiger partial charge in [-0.3, -0.25) is 0 Å². The highest BCUT2D eigenvalue weighted by molar-refractivity contribution is 7.91. The standard InChI is InChI=1S/C13H12N2O2S3/c1-20(16,17)11-4-2-3-10-12(11)14-13(18)15(10)7-9-5-6-19-8-9/h2-6,8H,7H2,1H3,(H,14,18). The highest BCUT2D eigenvalue weighted by atomic mass is 32.2. The van der Waals surface area contributed by atoms with Crippen molar-refractivity contribution < 1.29 is 8.42 Å². The molecular formula is C13H12N2O2S3. The van der Waals surface area contributed by atoms with Crippen molar-refractivity contribution in [3.63, 3.8) is 0 Å². The van der Waals surface area contributed by atoms with Crippen LogP contribution in [0.2, 0.25) is 0 Å². The first-order valence-corrected chi connectivity index (χ1v) is 9.14. The van der Waals surface area contributed by atoms with E-state index in [0.717, 1.165) is 11.1 Å². The van der Waals surface area contributed by atoms with Crippen molar-refractivity contribution >= 4 is 44.4 Å². The second-order valence-corrected chi connectivity index (χ2v) is 7.72. The van der Waals surface area contributed by atoms with E-state index in [1.165, 1.54) is 6.26 Å². The van der Waals surface area contributed by atoms with Crippen LogP contribution in [-0.2, 0) is 16.4 Å². The lowest BCUT2D eigenvalue weighted by Crippen LogP contribution is -2.00. The molecule has 0 aliphatic rings. The summed E-state index contributed by atoms with van der Waals surface area (Å²) < 4.78 is 26.1. The lowest BCUT2D eigenvalue weighted by molar-refractivity contribution is 0.602. The Balaban J connectivity index is 2.25. The predicted octanol–water partition coefficient (Wildman–Crippen LogP) is 3.21. The number of nitrogens with zero attached hydrogens (tertiary/aromatic N) is 1. The minimum Gasteiger partial charge on any atom is -0.329 e. The van der Waals surface area contributed by atoms with Gasteiger partial charge in [-0.15, -0.1) is 0 Å². The van der Waals surface area contributed by atoms with Gasteiger partial charge in [0.25, 0.3) is 0 Å². The zero-order chi connectivity index (χ0) is 14.3. The molecule has 0 aliphatic heterocycles. The molecule has 0 radical (unpaired) electrons. The molecule has 0 fully saturated rings. The SMILES string of the molecule is CS(=O)(=O)c1cccc2c1[nH]c(=S)n2Cc1ccsc1. The molecule has 0 amide bonds. The summed E-state index contributed by atoms with van der Waals surface area (Å²) in [6.45, 7) is 0.634. The van der Waals surface area contributed by atoms with Gasteiger partial charge in [0.2, 0.25) is 0 Å². The molecule has 3 rings (SSSR count).